The van der Waals surface area contributed by atoms with Crippen LogP contribution in [0, 0.1) is 10.1 Å². The van der Waals surface area contributed by atoms with Gasteiger partial charge in [-0.3, -0.25) is 14.9 Å². The molecule has 0 amide bonds. The second-order valence-electron chi connectivity index (χ2n) is 4.21. The lowest BCUT2D eigenvalue weighted by molar-refractivity contribution is -0.386. The fraction of sp³-hybridized carbons (Fsp3) is 0.364. The summed E-state index contributed by atoms with van der Waals surface area (Å²) in [4.78, 5) is 20.2. The lowest BCUT2D eigenvalue weighted by atomic mass is 10.2. The zero-order valence-electron chi connectivity index (χ0n) is 11.0. The fourth-order valence-electron chi connectivity index (χ4n) is 1.59. The molecule has 10 heteroatoms. The Hall–Kier alpha value is -2.20. The van der Waals surface area contributed by atoms with Gasteiger partial charge in [0.1, 0.15) is 6.04 Å². The predicted molar refractivity (Wildman–Crippen MR) is 71.4 cm³/mol. The Morgan fingerprint density at radius 1 is 1.48 bits per heavy atom. The van der Waals surface area contributed by atoms with Crippen molar-refractivity contribution >= 4 is 21.7 Å². The number of phenols is 1. The predicted octanol–water partition coefficient (Wildman–Crippen LogP) is 0.832. The van der Waals surface area contributed by atoms with Crippen molar-refractivity contribution < 1.29 is 28.3 Å². The van der Waals surface area contributed by atoms with E-state index in [0.29, 0.717) is 12.5 Å². The van der Waals surface area contributed by atoms with Crippen LogP contribution in [0.5, 0.6) is 5.75 Å². The van der Waals surface area contributed by atoms with Crippen molar-refractivity contribution in [1.82, 2.24) is 4.72 Å². The highest BCUT2D eigenvalue weighted by Crippen LogP contribution is 2.28. The lowest BCUT2D eigenvalue weighted by Crippen LogP contribution is -2.40. The van der Waals surface area contributed by atoms with Crippen molar-refractivity contribution in [2.24, 2.45) is 0 Å². The molecule has 0 spiro atoms. The van der Waals surface area contributed by atoms with Crippen molar-refractivity contribution in [3.63, 3.8) is 0 Å². The van der Waals surface area contributed by atoms with Gasteiger partial charge in [0.05, 0.1) is 9.82 Å². The summed E-state index contributed by atoms with van der Waals surface area (Å²) in [5.41, 5.74) is -0.778. The first-order chi connectivity index (χ1) is 9.69. The van der Waals surface area contributed by atoms with Gasteiger partial charge in [0, 0.05) is 6.07 Å². The van der Waals surface area contributed by atoms with Crippen LogP contribution in [0.3, 0.4) is 0 Å². The molecule has 116 valence electrons. The van der Waals surface area contributed by atoms with Crippen molar-refractivity contribution in [2.45, 2.75) is 30.7 Å². The summed E-state index contributed by atoms with van der Waals surface area (Å²) < 4.78 is 26.0. The van der Waals surface area contributed by atoms with Crippen LogP contribution >= 0.6 is 0 Å². The second-order valence-corrected chi connectivity index (χ2v) is 5.92. The molecule has 0 fully saturated rings. The van der Waals surface area contributed by atoms with Crippen LogP contribution in [0.2, 0.25) is 0 Å². The van der Waals surface area contributed by atoms with Crippen molar-refractivity contribution in [3.8, 4) is 5.75 Å². The average molecular weight is 318 g/mol. The van der Waals surface area contributed by atoms with E-state index >= 15 is 0 Å². The van der Waals surface area contributed by atoms with Gasteiger partial charge >= 0.3 is 11.7 Å². The summed E-state index contributed by atoms with van der Waals surface area (Å²) in [6.45, 7) is 1.69. The fourth-order valence-corrected chi connectivity index (χ4v) is 2.84. The molecular formula is C11H14N2O7S. The van der Waals surface area contributed by atoms with E-state index in [0.717, 1.165) is 12.1 Å². The molecule has 0 saturated heterocycles. The third-order valence-corrected chi connectivity index (χ3v) is 4.10. The summed E-state index contributed by atoms with van der Waals surface area (Å²) in [5.74, 6) is -2.02. The summed E-state index contributed by atoms with van der Waals surface area (Å²) >= 11 is 0. The van der Waals surface area contributed by atoms with Gasteiger partial charge in [0.2, 0.25) is 10.0 Å². The van der Waals surface area contributed by atoms with Crippen LogP contribution in [0.1, 0.15) is 19.8 Å². The summed E-state index contributed by atoms with van der Waals surface area (Å²) in [7, 11) is -4.25. The highest BCUT2D eigenvalue weighted by atomic mass is 32.2. The first-order valence-corrected chi connectivity index (χ1v) is 7.40. The number of phenolic OH excluding ortho intramolecular Hbond substituents is 1. The minimum absolute atomic E-state index is 0.0781. The third-order valence-electron chi connectivity index (χ3n) is 2.63. The van der Waals surface area contributed by atoms with Gasteiger partial charge in [-0.2, -0.15) is 4.72 Å². The van der Waals surface area contributed by atoms with E-state index < -0.39 is 43.3 Å². The number of nitro groups is 1. The smallest absolute Gasteiger partial charge is 0.321 e. The number of carboxylic acids is 1. The van der Waals surface area contributed by atoms with Gasteiger partial charge in [0.15, 0.2) is 5.75 Å². The van der Waals surface area contributed by atoms with Gasteiger partial charge in [-0.1, -0.05) is 13.3 Å². The highest BCUT2D eigenvalue weighted by Gasteiger charge is 2.26. The molecule has 3 N–H and O–H groups in total. The standard InChI is InChI=1S/C11H14N2O7S/c1-2-3-8(11(15)16)12-21(19,20)7-4-5-10(14)9(6-7)13(17)18/h4-6,8,12,14H,2-3H2,1H3,(H,15,16)/t8-/m1/s1. The Kier molecular flexibility index (Phi) is 5.22. The number of carbonyl (C=O) groups is 1. The van der Waals surface area contributed by atoms with Crippen LogP contribution in [-0.2, 0) is 14.8 Å². The zero-order chi connectivity index (χ0) is 16.2. The number of hydrogen-bond acceptors (Lipinski definition) is 6. The molecule has 0 unspecified atom stereocenters. The Morgan fingerprint density at radius 3 is 2.57 bits per heavy atom. The number of sulfonamides is 1. The molecule has 0 aromatic heterocycles. The largest absolute Gasteiger partial charge is 0.502 e. The van der Waals surface area contributed by atoms with E-state index in [-0.39, 0.29) is 6.42 Å². The molecule has 0 aliphatic rings. The second kappa shape index (κ2) is 6.50. The minimum atomic E-state index is -4.25. The van der Waals surface area contributed by atoms with Gasteiger partial charge in [0.25, 0.3) is 0 Å². The summed E-state index contributed by atoms with van der Waals surface area (Å²) in [6.07, 6.45) is 0.518. The highest BCUT2D eigenvalue weighted by molar-refractivity contribution is 7.89. The lowest BCUT2D eigenvalue weighted by Gasteiger charge is -2.13. The number of aliphatic carboxylic acids is 1. The van der Waals surface area contributed by atoms with Crippen molar-refractivity contribution in [1.29, 1.82) is 0 Å². The molecule has 0 aliphatic carbocycles. The van der Waals surface area contributed by atoms with E-state index in [1.165, 1.54) is 0 Å². The van der Waals surface area contributed by atoms with Crippen molar-refractivity contribution in [3.05, 3.63) is 28.3 Å². The monoisotopic (exact) mass is 318 g/mol. The molecule has 0 heterocycles. The Labute approximate surface area is 120 Å². The number of benzene rings is 1. The average Bonchev–Trinajstić information content (AvgIpc) is 2.37. The maximum atomic E-state index is 12.0. The molecule has 1 aromatic carbocycles. The van der Waals surface area contributed by atoms with Gasteiger partial charge < -0.3 is 10.2 Å². The molecule has 9 nitrogen and oxygen atoms in total. The molecule has 0 saturated carbocycles. The number of rotatable bonds is 7. The topological polar surface area (TPSA) is 147 Å². The van der Waals surface area contributed by atoms with E-state index in [1.54, 1.807) is 6.92 Å². The molecule has 0 bridgehead atoms. The number of hydrogen-bond donors (Lipinski definition) is 3. The molecule has 1 rings (SSSR count). The zero-order valence-corrected chi connectivity index (χ0v) is 11.8. The van der Waals surface area contributed by atoms with Crippen LogP contribution in [0.25, 0.3) is 0 Å². The third kappa shape index (κ3) is 4.13. The van der Waals surface area contributed by atoms with Crippen LogP contribution in [0.4, 0.5) is 5.69 Å². The molecule has 21 heavy (non-hydrogen) atoms. The van der Waals surface area contributed by atoms with Gasteiger partial charge in [-0.15, -0.1) is 0 Å². The number of nitrogens with zero attached hydrogens (tertiary/aromatic N) is 1. The molecule has 1 atom stereocenters. The van der Waals surface area contributed by atoms with Gasteiger partial charge in [-0.05, 0) is 18.6 Å². The maximum Gasteiger partial charge on any atom is 0.321 e. The number of nitrogens with one attached hydrogen (secondary N) is 1. The minimum Gasteiger partial charge on any atom is -0.502 e. The van der Waals surface area contributed by atoms with Gasteiger partial charge in [-0.25, -0.2) is 8.42 Å². The first-order valence-electron chi connectivity index (χ1n) is 5.91. The van der Waals surface area contributed by atoms with E-state index in [9.17, 15) is 28.4 Å². The summed E-state index contributed by atoms with van der Waals surface area (Å²) in [6, 6.07) is 1.16. The normalized spacial score (nSPS) is 12.8. The first kappa shape index (κ1) is 16.9. The van der Waals surface area contributed by atoms with Crippen LogP contribution < -0.4 is 4.72 Å². The maximum absolute atomic E-state index is 12.0. The Morgan fingerprint density at radius 2 is 2.10 bits per heavy atom. The van der Waals surface area contributed by atoms with E-state index in [4.69, 9.17) is 5.11 Å². The Balaban J connectivity index is 3.16. The molecule has 0 radical (unpaired) electrons. The molecule has 1 aromatic rings. The number of carboxylic acid groups (broad SMARTS) is 1. The van der Waals surface area contributed by atoms with Crippen molar-refractivity contribution in [2.75, 3.05) is 0 Å². The Bertz CT molecular complexity index is 657. The SMILES string of the molecule is CCC[C@@H](NS(=O)(=O)c1ccc(O)c([N+](=O)[O-])c1)C(=O)O. The number of aromatic hydroxyl groups is 1. The summed E-state index contributed by atoms with van der Waals surface area (Å²) in [5, 5.41) is 28.9. The molecule has 0 aliphatic heterocycles. The molecular weight excluding hydrogens is 304 g/mol. The number of nitro benzene ring substituents is 1. The van der Waals surface area contributed by atoms with Crippen LogP contribution in [-0.4, -0.2) is 35.6 Å². The quantitative estimate of drug-likeness (QED) is 0.498. The van der Waals surface area contributed by atoms with E-state index in [1.807, 2.05) is 4.72 Å². The van der Waals surface area contributed by atoms with E-state index in [2.05, 4.69) is 0 Å². The van der Waals surface area contributed by atoms with Crippen LogP contribution in [0.15, 0.2) is 23.1 Å².